The third-order valence-corrected chi connectivity index (χ3v) is 3.21. The Morgan fingerprint density at radius 3 is 2.50 bits per heavy atom. The van der Waals surface area contributed by atoms with E-state index in [9.17, 15) is 13.9 Å². The average molecular weight is 271 g/mol. The van der Waals surface area contributed by atoms with Crippen molar-refractivity contribution in [3.63, 3.8) is 0 Å². The number of hydrogen-bond donors (Lipinski definition) is 1. The molecule has 0 spiro atoms. The minimum atomic E-state index is -1.10. The summed E-state index contributed by atoms with van der Waals surface area (Å²) in [6, 6.07) is 10.2. The van der Waals surface area contributed by atoms with Crippen molar-refractivity contribution in [2.24, 2.45) is 0 Å². The second kappa shape index (κ2) is 4.98. The average Bonchev–Trinajstić information content (AvgIpc) is 2.45. The first kappa shape index (κ1) is 12.7. The first-order valence-corrected chi connectivity index (χ1v) is 6.12. The molecule has 1 aromatic heterocycles. The second-order valence-electron chi connectivity index (χ2n) is 4.55. The van der Waals surface area contributed by atoms with Crippen LogP contribution in [0.3, 0.4) is 0 Å². The minimum Gasteiger partial charge on any atom is -0.384 e. The number of benzene rings is 2. The summed E-state index contributed by atoms with van der Waals surface area (Å²) in [5, 5.41) is 12.0. The summed E-state index contributed by atoms with van der Waals surface area (Å²) in [6.45, 7) is 0. The number of aliphatic hydroxyl groups is 1. The molecule has 0 fully saturated rings. The molecule has 3 aromatic rings. The molecule has 0 aliphatic rings. The predicted molar refractivity (Wildman–Crippen MR) is 72.2 cm³/mol. The highest BCUT2D eigenvalue weighted by molar-refractivity contribution is 5.85. The van der Waals surface area contributed by atoms with E-state index < -0.39 is 17.7 Å². The molecule has 0 aliphatic carbocycles. The van der Waals surface area contributed by atoms with Crippen molar-refractivity contribution >= 4 is 10.8 Å². The van der Waals surface area contributed by atoms with Crippen LogP contribution in [-0.2, 0) is 0 Å². The Morgan fingerprint density at radius 2 is 1.75 bits per heavy atom. The van der Waals surface area contributed by atoms with Crippen LogP contribution in [-0.4, -0.2) is 10.1 Å². The third-order valence-electron chi connectivity index (χ3n) is 3.21. The molecule has 0 saturated carbocycles. The maximum absolute atomic E-state index is 13.3. The Morgan fingerprint density at radius 1 is 1.00 bits per heavy atom. The summed E-state index contributed by atoms with van der Waals surface area (Å²) in [5.74, 6) is -1.42. The Hall–Kier alpha value is -2.33. The van der Waals surface area contributed by atoms with Crippen molar-refractivity contribution in [1.29, 1.82) is 0 Å². The van der Waals surface area contributed by atoms with E-state index in [-0.39, 0.29) is 5.56 Å². The first-order chi connectivity index (χ1) is 9.65. The van der Waals surface area contributed by atoms with Crippen molar-refractivity contribution in [2.75, 3.05) is 0 Å². The standard InChI is InChI=1S/C16H11F2NO/c17-12-6-11(7-13(18)8-12)16(20)14-3-1-2-10-4-5-19-9-15(10)14/h1-9,16,20H. The van der Waals surface area contributed by atoms with Crippen LogP contribution >= 0.6 is 0 Å². The van der Waals surface area contributed by atoms with Gasteiger partial charge in [-0.15, -0.1) is 0 Å². The van der Waals surface area contributed by atoms with E-state index in [1.807, 2.05) is 12.1 Å². The van der Waals surface area contributed by atoms with Gasteiger partial charge in [-0.3, -0.25) is 4.98 Å². The van der Waals surface area contributed by atoms with Gasteiger partial charge in [0, 0.05) is 23.8 Å². The molecule has 0 amide bonds. The number of nitrogens with zero attached hydrogens (tertiary/aromatic N) is 1. The maximum atomic E-state index is 13.3. The molecule has 100 valence electrons. The van der Waals surface area contributed by atoms with Gasteiger partial charge in [-0.1, -0.05) is 18.2 Å². The van der Waals surface area contributed by atoms with E-state index in [1.165, 1.54) is 0 Å². The minimum absolute atomic E-state index is 0.179. The van der Waals surface area contributed by atoms with Gasteiger partial charge in [0.1, 0.15) is 17.7 Å². The van der Waals surface area contributed by atoms with E-state index in [2.05, 4.69) is 4.98 Å². The van der Waals surface area contributed by atoms with Crippen LogP contribution in [0.5, 0.6) is 0 Å². The number of hydrogen-bond acceptors (Lipinski definition) is 2. The van der Waals surface area contributed by atoms with Crippen LogP contribution in [0.2, 0.25) is 0 Å². The molecule has 0 bridgehead atoms. The molecule has 4 heteroatoms. The fourth-order valence-electron chi connectivity index (χ4n) is 2.29. The van der Waals surface area contributed by atoms with Crippen LogP contribution in [0.4, 0.5) is 8.78 Å². The van der Waals surface area contributed by atoms with Gasteiger partial charge in [0.15, 0.2) is 0 Å². The fourth-order valence-corrected chi connectivity index (χ4v) is 2.29. The van der Waals surface area contributed by atoms with Crippen LogP contribution in [0.25, 0.3) is 10.8 Å². The number of fused-ring (bicyclic) bond motifs is 1. The lowest BCUT2D eigenvalue weighted by Crippen LogP contribution is -2.02. The quantitative estimate of drug-likeness (QED) is 0.772. The normalized spacial score (nSPS) is 12.6. The molecule has 1 atom stereocenters. The maximum Gasteiger partial charge on any atom is 0.126 e. The van der Waals surface area contributed by atoms with E-state index >= 15 is 0 Å². The van der Waals surface area contributed by atoms with Crippen LogP contribution in [0.15, 0.2) is 54.9 Å². The number of aromatic nitrogens is 1. The van der Waals surface area contributed by atoms with Crippen LogP contribution in [0.1, 0.15) is 17.2 Å². The second-order valence-corrected chi connectivity index (χ2v) is 4.55. The number of halogens is 2. The van der Waals surface area contributed by atoms with Crippen molar-refractivity contribution in [3.05, 3.63) is 77.6 Å². The van der Waals surface area contributed by atoms with E-state index in [0.29, 0.717) is 5.56 Å². The number of aliphatic hydroxyl groups excluding tert-OH is 1. The smallest absolute Gasteiger partial charge is 0.126 e. The molecule has 20 heavy (non-hydrogen) atoms. The molecule has 0 saturated heterocycles. The van der Waals surface area contributed by atoms with Crippen molar-refractivity contribution in [1.82, 2.24) is 4.98 Å². The third kappa shape index (κ3) is 2.26. The van der Waals surface area contributed by atoms with Crippen LogP contribution in [0, 0.1) is 11.6 Å². The predicted octanol–water partition coefficient (Wildman–Crippen LogP) is 3.59. The van der Waals surface area contributed by atoms with Gasteiger partial charge < -0.3 is 5.11 Å². The SMILES string of the molecule is OC(c1cc(F)cc(F)c1)c1cccc2ccncc12. The Labute approximate surface area is 114 Å². The molecule has 0 aliphatic heterocycles. The molecule has 0 radical (unpaired) electrons. The van der Waals surface area contributed by atoms with Gasteiger partial charge >= 0.3 is 0 Å². The summed E-state index contributed by atoms with van der Waals surface area (Å²) < 4.78 is 26.5. The number of pyridine rings is 1. The molecular formula is C16H11F2NO. The lowest BCUT2D eigenvalue weighted by Gasteiger charge is -2.14. The number of rotatable bonds is 2. The van der Waals surface area contributed by atoms with Gasteiger partial charge in [-0.2, -0.15) is 0 Å². The summed E-state index contributed by atoms with van der Waals surface area (Å²) in [7, 11) is 0. The van der Waals surface area contributed by atoms with Gasteiger partial charge in [0.05, 0.1) is 0 Å². The van der Waals surface area contributed by atoms with Crippen molar-refractivity contribution in [2.45, 2.75) is 6.10 Å². The Balaban J connectivity index is 2.15. The van der Waals surface area contributed by atoms with E-state index in [0.717, 1.165) is 29.0 Å². The van der Waals surface area contributed by atoms with Gasteiger partial charge in [0.25, 0.3) is 0 Å². The lowest BCUT2D eigenvalue weighted by atomic mass is 9.97. The molecule has 2 aromatic carbocycles. The van der Waals surface area contributed by atoms with Crippen LogP contribution < -0.4 is 0 Å². The highest BCUT2D eigenvalue weighted by atomic mass is 19.1. The highest BCUT2D eigenvalue weighted by Crippen LogP contribution is 2.29. The molecule has 2 nitrogen and oxygen atoms in total. The van der Waals surface area contributed by atoms with Crippen molar-refractivity contribution in [3.8, 4) is 0 Å². The molecule has 1 unspecified atom stereocenters. The summed E-state index contributed by atoms with van der Waals surface area (Å²) in [6.07, 6.45) is 2.18. The Kier molecular flexibility index (Phi) is 3.16. The van der Waals surface area contributed by atoms with Gasteiger partial charge in [-0.05, 0) is 34.7 Å². The first-order valence-electron chi connectivity index (χ1n) is 6.12. The van der Waals surface area contributed by atoms with E-state index in [1.54, 1.807) is 24.5 Å². The largest absolute Gasteiger partial charge is 0.384 e. The van der Waals surface area contributed by atoms with Crippen molar-refractivity contribution < 1.29 is 13.9 Å². The monoisotopic (exact) mass is 271 g/mol. The van der Waals surface area contributed by atoms with Gasteiger partial charge in [-0.25, -0.2) is 8.78 Å². The molecule has 1 N–H and O–H groups in total. The molecule has 3 rings (SSSR count). The molecule has 1 heterocycles. The summed E-state index contributed by atoms with van der Waals surface area (Å²) in [4.78, 5) is 4.03. The topological polar surface area (TPSA) is 33.1 Å². The Bertz CT molecular complexity index is 748. The summed E-state index contributed by atoms with van der Waals surface area (Å²) >= 11 is 0. The molecular weight excluding hydrogens is 260 g/mol. The van der Waals surface area contributed by atoms with E-state index in [4.69, 9.17) is 0 Å². The zero-order valence-corrected chi connectivity index (χ0v) is 10.4. The van der Waals surface area contributed by atoms with Gasteiger partial charge in [0.2, 0.25) is 0 Å². The highest BCUT2D eigenvalue weighted by Gasteiger charge is 2.15. The fraction of sp³-hybridized carbons (Fsp3) is 0.0625. The lowest BCUT2D eigenvalue weighted by molar-refractivity contribution is 0.220. The summed E-state index contributed by atoms with van der Waals surface area (Å²) in [5.41, 5.74) is 0.749. The zero-order chi connectivity index (χ0) is 14.1. The zero-order valence-electron chi connectivity index (χ0n) is 10.4.